The van der Waals surface area contributed by atoms with Crippen molar-refractivity contribution in [3.8, 4) is 0 Å². The summed E-state index contributed by atoms with van der Waals surface area (Å²) in [5, 5.41) is 6.95. The molecule has 3 nitrogen and oxygen atoms in total. The smallest absolute Gasteiger partial charge is 0.113 e. The van der Waals surface area contributed by atoms with Gasteiger partial charge in [0.15, 0.2) is 0 Å². The van der Waals surface area contributed by atoms with Gasteiger partial charge in [-0.1, -0.05) is 27.2 Å². The monoisotopic (exact) mass is 237 g/mol. The number of hydrogen-bond acceptors (Lipinski definition) is 3. The molecule has 0 unspecified atom stereocenters. The molecule has 0 amide bonds. The minimum atomic E-state index is 0.659. The van der Waals surface area contributed by atoms with Gasteiger partial charge in [-0.3, -0.25) is 5.01 Å². The highest BCUT2D eigenvalue weighted by Gasteiger charge is 2.35. The second-order valence-electron chi connectivity index (χ2n) is 6.11. The van der Waals surface area contributed by atoms with E-state index >= 15 is 0 Å². The lowest BCUT2D eigenvalue weighted by Gasteiger charge is -2.41. The molecule has 0 spiro atoms. The fraction of sp³-hybridized carbons (Fsp3) is 0.929. The van der Waals surface area contributed by atoms with E-state index in [2.05, 4.69) is 42.7 Å². The number of nitrogens with zero attached hydrogens (tertiary/aromatic N) is 3. The van der Waals surface area contributed by atoms with Crippen LogP contribution in [0.3, 0.4) is 0 Å². The zero-order chi connectivity index (χ0) is 12.4. The normalized spacial score (nSPS) is 33.8. The van der Waals surface area contributed by atoms with Gasteiger partial charge in [-0.2, -0.15) is 5.10 Å². The number of rotatable bonds is 3. The van der Waals surface area contributed by atoms with Crippen molar-refractivity contribution in [3.63, 3.8) is 0 Å². The van der Waals surface area contributed by atoms with Crippen molar-refractivity contribution in [2.24, 2.45) is 22.9 Å². The van der Waals surface area contributed by atoms with Crippen molar-refractivity contribution in [1.29, 1.82) is 0 Å². The molecule has 1 aliphatic heterocycles. The Labute approximate surface area is 106 Å². The molecule has 1 saturated carbocycles. The lowest BCUT2D eigenvalue weighted by molar-refractivity contribution is 0.0522. The largest absolute Gasteiger partial charge is 0.342 e. The lowest BCUT2D eigenvalue weighted by Crippen LogP contribution is -2.44. The molecular weight excluding hydrogens is 210 g/mol. The first-order valence-corrected chi connectivity index (χ1v) is 7.16. The summed E-state index contributed by atoms with van der Waals surface area (Å²) in [5.41, 5.74) is 0. The van der Waals surface area contributed by atoms with E-state index in [4.69, 9.17) is 0 Å². The van der Waals surface area contributed by atoms with Gasteiger partial charge in [-0.15, -0.1) is 0 Å². The van der Waals surface area contributed by atoms with Crippen molar-refractivity contribution in [2.45, 2.75) is 53.0 Å². The number of hydrazone groups is 1. The third kappa shape index (κ3) is 2.75. The highest BCUT2D eigenvalue weighted by Crippen LogP contribution is 2.37. The number of hydrogen-bond donors (Lipinski definition) is 0. The molecule has 98 valence electrons. The molecule has 0 radical (unpaired) electrons. The molecule has 3 atom stereocenters. The average molecular weight is 237 g/mol. The molecule has 0 N–H and O–H groups in total. The molecule has 1 heterocycles. The Morgan fingerprint density at radius 2 is 2.12 bits per heavy atom. The Kier molecular flexibility index (Phi) is 3.95. The molecule has 0 bridgehead atoms. The molecule has 0 aromatic rings. The van der Waals surface area contributed by atoms with Crippen LogP contribution in [0.5, 0.6) is 0 Å². The summed E-state index contributed by atoms with van der Waals surface area (Å²) < 4.78 is 0. The summed E-state index contributed by atoms with van der Waals surface area (Å²) in [6, 6.07) is 0.659. The van der Waals surface area contributed by atoms with E-state index in [-0.39, 0.29) is 0 Å². The Hall–Kier alpha value is -0.730. The molecular formula is C14H27N3. The van der Waals surface area contributed by atoms with E-state index in [1.807, 2.05) is 6.34 Å². The first-order valence-electron chi connectivity index (χ1n) is 7.16. The predicted molar refractivity (Wildman–Crippen MR) is 72.7 cm³/mol. The van der Waals surface area contributed by atoms with Crippen LogP contribution in [-0.4, -0.2) is 35.5 Å². The van der Waals surface area contributed by atoms with Crippen molar-refractivity contribution < 1.29 is 0 Å². The maximum absolute atomic E-state index is 4.61. The van der Waals surface area contributed by atoms with Gasteiger partial charge in [-0.05, 0) is 37.5 Å². The Balaban J connectivity index is 2.03. The summed E-state index contributed by atoms with van der Waals surface area (Å²) in [5.74, 6) is 2.46. The Bertz CT molecular complexity index is 275. The van der Waals surface area contributed by atoms with Crippen molar-refractivity contribution in [2.75, 3.05) is 13.2 Å². The van der Waals surface area contributed by atoms with Gasteiger partial charge in [0, 0.05) is 6.54 Å². The Morgan fingerprint density at radius 3 is 2.71 bits per heavy atom. The van der Waals surface area contributed by atoms with Gasteiger partial charge in [0.2, 0.25) is 0 Å². The van der Waals surface area contributed by atoms with Crippen LogP contribution in [0.25, 0.3) is 0 Å². The maximum atomic E-state index is 4.61. The molecule has 2 rings (SSSR count). The molecule has 0 aromatic carbocycles. The van der Waals surface area contributed by atoms with Gasteiger partial charge in [-0.25, -0.2) is 0 Å². The average Bonchev–Trinajstić information content (AvgIpc) is 2.76. The van der Waals surface area contributed by atoms with E-state index in [0.29, 0.717) is 6.04 Å². The maximum Gasteiger partial charge on any atom is 0.113 e. The second kappa shape index (κ2) is 5.28. The standard InChI is InChI=1S/C14H27N3/c1-5-16-9-15-17(10-16)14-8-12(4)6-7-13(14)11(2)3/h9,11-14H,5-8,10H2,1-4H3/t12-,13+,14+/m1/s1. The minimum absolute atomic E-state index is 0.659. The van der Waals surface area contributed by atoms with Crippen LogP contribution >= 0.6 is 0 Å². The van der Waals surface area contributed by atoms with E-state index < -0.39 is 0 Å². The highest BCUT2D eigenvalue weighted by molar-refractivity contribution is 5.56. The van der Waals surface area contributed by atoms with Crippen LogP contribution in [0.15, 0.2) is 5.10 Å². The van der Waals surface area contributed by atoms with Crippen LogP contribution in [0.2, 0.25) is 0 Å². The van der Waals surface area contributed by atoms with E-state index in [0.717, 1.165) is 31.0 Å². The zero-order valence-electron chi connectivity index (χ0n) is 11.8. The zero-order valence-corrected chi connectivity index (χ0v) is 11.8. The van der Waals surface area contributed by atoms with Crippen LogP contribution < -0.4 is 0 Å². The molecule has 2 aliphatic rings. The summed E-state index contributed by atoms with van der Waals surface area (Å²) in [6.45, 7) is 11.4. The van der Waals surface area contributed by atoms with Crippen molar-refractivity contribution >= 4 is 6.34 Å². The third-order valence-electron chi connectivity index (χ3n) is 4.47. The quantitative estimate of drug-likeness (QED) is 0.751. The summed E-state index contributed by atoms with van der Waals surface area (Å²) in [6.07, 6.45) is 6.10. The Morgan fingerprint density at radius 1 is 1.35 bits per heavy atom. The molecule has 17 heavy (non-hydrogen) atoms. The SMILES string of the molecule is CCN1C=NN([C@H]2C[C@H](C)CC[C@H]2C(C)C)C1. The van der Waals surface area contributed by atoms with Crippen LogP contribution in [0, 0.1) is 17.8 Å². The fourth-order valence-corrected chi connectivity index (χ4v) is 3.27. The molecule has 1 aliphatic carbocycles. The van der Waals surface area contributed by atoms with Crippen LogP contribution in [0.4, 0.5) is 0 Å². The fourth-order valence-electron chi connectivity index (χ4n) is 3.27. The van der Waals surface area contributed by atoms with Crippen molar-refractivity contribution in [3.05, 3.63) is 0 Å². The summed E-state index contributed by atoms with van der Waals surface area (Å²) in [7, 11) is 0. The molecule has 1 fully saturated rings. The van der Waals surface area contributed by atoms with Crippen LogP contribution in [-0.2, 0) is 0 Å². The third-order valence-corrected chi connectivity index (χ3v) is 4.47. The van der Waals surface area contributed by atoms with E-state index in [9.17, 15) is 0 Å². The highest BCUT2D eigenvalue weighted by atomic mass is 15.6. The second-order valence-corrected chi connectivity index (χ2v) is 6.11. The predicted octanol–water partition coefficient (Wildman–Crippen LogP) is 2.99. The minimum Gasteiger partial charge on any atom is -0.342 e. The van der Waals surface area contributed by atoms with E-state index in [1.54, 1.807) is 0 Å². The topological polar surface area (TPSA) is 18.8 Å². The molecule has 0 saturated heterocycles. The molecule has 3 heteroatoms. The van der Waals surface area contributed by atoms with Gasteiger partial charge >= 0.3 is 0 Å². The van der Waals surface area contributed by atoms with Crippen LogP contribution in [0.1, 0.15) is 47.0 Å². The van der Waals surface area contributed by atoms with Gasteiger partial charge in [0.25, 0.3) is 0 Å². The summed E-state index contributed by atoms with van der Waals surface area (Å²) in [4.78, 5) is 2.29. The molecule has 0 aromatic heterocycles. The van der Waals surface area contributed by atoms with Gasteiger partial charge in [0.05, 0.1) is 6.04 Å². The first-order chi connectivity index (χ1) is 8.11. The van der Waals surface area contributed by atoms with E-state index in [1.165, 1.54) is 19.3 Å². The van der Waals surface area contributed by atoms with Gasteiger partial charge in [0.1, 0.15) is 13.0 Å². The first kappa shape index (κ1) is 12.7. The summed E-state index contributed by atoms with van der Waals surface area (Å²) >= 11 is 0. The van der Waals surface area contributed by atoms with Gasteiger partial charge < -0.3 is 4.90 Å². The lowest BCUT2D eigenvalue weighted by atomic mass is 9.74. The van der Waals surface area contributed by atoms with Crippen molar-refractivity contribution in [1.82, 2.24) is 9.91 Å².